The molecule has 3 aromatic carbocycles. The van der Waals surface area contributed by atoms with Gasteiger partial charge in [-0.05, 0) is 62.7 Å². The van der Waals surface area contributed by atoms with Crippen molar-refractivity contribution in [1.82, 2.24) is 4.90 Å². The summed E-state index contributed by atoms with van der Waals surface area (Å²) >= 11 is 1.44. The number of rotatable bonds is 6. The number of nitrogens with one attached hydrogen (secondary N) is 1. The van der Waals surface area contributed by atoms with E-state index in [1.807, 2.05) is 84.3 Å². The minimum Gasteiger partial charge on any atom is -0.353 e. The van der Waals surface area contributed by atoms with Crippen LogP contribution in [0.25, 0.3) is 0 Å². The zero-order valence-electron chi connectivity index (χ0n) is 20.9. The van der Waals surface area contributed by atoms with Crippen LogP contribution in [-0.2, 0) is 4.79 Å². The van der Waals surface area contributed by atoms with Gasteiger partial charge in [-0.15, -0.1) is 0 Å². The van der Waals surface area contributed by atoms with Crippen LogP contribution in [0.5, 0.6) is 0 Å². The molecule has 6 nitrogen and oxygen atoms in total. The third kappa shape index (κ3) is 4.63. The maximum Gasteiger partial charge on any atom is 0.255 e. The first-order valence-corrected chi connectivity index (χ1v) is 13.2. The van der Waals surface area contributed by atoms with E-state index >= 15 is 0 Å². The van der Waals surface area contributed by atoms with Gasteiger partial charge < -0.3 is 15.3 Å². The summed E-state index contributed by atoms with van der Waals surface area (Å²) in [6.07, 6.45) is 0. The number of allylic oxidation sites excluding steroid dienone is 1. The Morgan fingerprint density at radius 2 is 1.70 bits per heavy atom. The Labute approximate surface area is 220 Å². The van der Waals surface area contributed by atoms with Gasteiger partial charge in [0, 0.05) is 17.4 Å². The molecule has 0 saturated carbocycles. The second kappa shape index (κ2) is 10.0. The number of halogens is 1. The number of anilines is 2. The van der Waals surface area contributed by atoms with Crippen LogP contribution in [-0.4, -0.2) is 38.7 Å². The van der Waals surface area contributed by atoms with Crippen molar-refractivity contribution in [3.05, 3.63) is 108 Å². The van der Waals surface area contributed by atoms with Gasteiger partial charge >= 0.3 is 0 Å². The SMILES string of the molecule is CC1=C(C(=O)Nc2ccccc2)[C@H](c2ccc(F)cc2)N2C(=N1)SC[C@@]2(O)N(c1ccccc1)C(C)C. The van der Waals surface area contributed by atoms with Crippen molar-refractivity contribution in [3.63, 3.8) is 0 Å². The van der Waals surface area contributed by atoms with Crippen molar-refractivity contribution >= 4 is 34.2 Å². The molecule has 2 aliphatic heterocycles. The first kappa shape index (κ1) is 25.0. The lowest BCUT2D eigenvalue weighted by atomic mass is 9.92. The van der Waals surface area contributed by atoms with Gasteiger partial charge in [-0.25, -0.2) is 9.38 Å². The fourth-order valence-corrected chi connectivity index (χ4v) is 6.24. The van der Waals surface area contributed by atoms with Crippen molar-refractivity contribution in [2.45, 2.75) is 38.7 Å². The minimum atomic E-state index is -1.50. The number of para-hydroxylation sites is 2. The summed E-state index contributed by atoms with van der Waals surface area (Å²) in [5.41, 5.74) is 3.14. The number of benzene rings is 3. The topological polar surface area (TPSA) is 68.2 Å². The molecule has 3 aromatic rings. The van der Waals surface area contributed by atoms with E-state index in [2.05, 4.69) is 5.32 Å². The highest BCUT2D eigenvalue weighted by molar-refractivity contribution is 8.14. The van der Waals surface area contributed by atoms with Gasteiger partial charge in [-0.1, -0.05) is 60.3 Å². The van der Waals surface area contributed by atoms with Gasteiger partial charge in [0.2, 0.25) is 5.85 Å². The molecule has 2 heterocycles. The van der Waals surface area contributed by atoms with Crippen molar-refractivity contribution in [2.75, 3.05) is 16.0 Å². The van der Waals surface area contributed by atoms with Crippen molar-refractivity contribution in [2.24, 2.45) is 4.99 Å². The maximum atomic E-state index is 14.0. The molecule has 0 aliphatic carbocycles. The van der Waals surface area contributed by atoms with Crippen molar-refractivity contribution < 1.29 is 14.3 Å². The van der Waals surface area contributed by atoms with Crippen LogP contribution in [0, 0.1) is 5.82 Å². The van der Waals surface area contributed by atoms with E-state index in [-0.39, 0.29) is 17.8 Å². The number of carbonyl (C=O) groups is 1. The number of carbonyl (C=O) groups excluding carboxylic acids is 1. The highest BCUT2D eigenvalue weighted by Gasteiger charge is 2.55. The molecule has 1 amide bonds. The van der Waals surface area contributed by atoms with E-state index in [1.165, 1.54) is 23.9 Å². The Balaban J connectivity index is 1.65. The zero-order valence-corrected chi connectivity index (χ0v) is 21.7. The summed E-state index contributed by atoms with van der Waals surface area (Å²) in [6, 6.07) is 24.2. The third-order valence-electron chi connectivity index (χ3n) is 6.57. The molecule has 190 valence electrons. The molecular weight excluding hydrogens is 487 g/mol. The van der Waals surface area contributed by atoms with E-state index < -0.39 is 11.9 Å². The van der Waals surface area contributed by atoms with E-state index in [0.717, 1.165) is 5.69 Å². The molecule has 0 unspecified atom stereocenters. The molecule has 2 atom stereocenters. The number of thioether (sulfide) groups is 1. The first-order chi connectivity index (χ1) is 17.8. The Morgan fingerprint density at radius 1 is 1.08 bits per heavy atom. The van der Waals surface area contributed by atoms with Gasteiger partial charge in [0.15, 0.2) is 5.17 Å². The minimum absolute atomic E-state index is 0.0742. The van der Waals surface area contributed by atoms with Crippen LogP contribution in [0.1, 0.15) is 32.4 Å². The normalized spacial score (nSPS) is 21.1. The van der Waals surface area contributed by atoms with Gasteiger partial charge in [-0.2, -0.15) is 0 Å². The number of hydrogen-bond acceptors (Lipinski definition) is 6. The van der Waals surface area contributed by atoms with E-state index in [1.54, 1.807) is 19.1 Å². The summed E-state index contributed by atoms with van der Waals surface area (Å²) in [4.78, 5) is 22.3. The van der Waals surface area contributed by atoms with Crippen molar-refractivity contribution in [1.29, 1.82) is 0 Å². The van der Waals surface area contributed by atoms with E-state index in [9.17, 15) is 14.3 Å². The van der Waals surface area contributed by atoms with Crippen LogP contribution in [0.4, 0.5) is 15.8 Å². The largest absolute Gasteiger partial charge is 0.353 e. The van der Waals surface area contributed by atoms with E-state index in [4.69, 9.17) is 4.99 Å². The molecule has 8 heteroatoms. The van der Waals surface area contributed by atoms with Gasteiger partial charge in [0.05, 0.1) is 23.1 Å². The standard InChI is InChI=1S/C29H29FN4O2S/c1-19(2)33(24-12-8-5-9-13-24)29(36)18-37-28-31-20(3)25(27(35)32-23-10-6-4-7-11-23)26(34(28)29)21-14-16-22(30)17-15-21/h4-17,19,26,36H,18H2,1-3H3,(H,32,35)/t26-,29+/m0/s1. The van der Waals surface area contributed by atoms with Crippen LogP contribution in [0.2, 0.25) is 0 Å². The lowest BCUT2D eigenvalue weighted by molar-refractivity contribution is -0.114. The Bertz CT molecular complexity index is 1350. The van der Waals surface area contributed by atoms with Crippen LogP contribution >= 0.6 is 11.8 Å². The first-order valence-electron chi connectivity index (χ1n) is 12.2. The lowest BCUT2D eigenvalue weighted by Gasteiger charge is -2.50. The number of nitrogens with zero attached hydrogens (tertiary/aromatic N) is 3. The number of fused-ring (bicyclic) bond motifs is 1. The molecule has 0 aromatic heterocycles. The van der Waals surface area contributed by atoms with Gasteiger partial charge in [0.1, 0.15) is 5.82 Å². The average Bonchev–Trinajstić information content (AvgIpc) is 3.21. The molecule has 1 fully saturated rings. The highest BCUT2D eigenvalue weighted by atomic mass is 32.2. The highest BCUT2D eigenvalue weighted by Crippen LogP contribution is 2.48. The number of aliphatic imine (C=N–C) groups is 1. The lowest BCUT2D eigenvalue weighted by Crippen LogP contribution is -2.64. The molecule has 1 saturated heterocycles. The molecule has 2 N–H and O–H groups in total. The summed E-state index contributed by atoms with van der Waals surface area (Å²) in [6.45, 7) is 5.84. The summed E-state index contributed by atoms with van der Waals surface area (Å²) in [7, 11) is 0. The fraction of sp³-hybridized carbons (Fsp3) is 0.241. The molecule has 0 spiro atoms. The van der Waals surface area contributed by atoms with Crippen LogP contribution < -0.4 is 10.2 Å². The molecule has 0 bridgehead atoms. The maximum absolute atomic E-state index is 14.0. The summed E-state index contributed by atoms with van der Waals surface area (Å²) < 4.78 is 14.0. The smallest absolute Gasteiger partial charge is 0.255 e. The number of amidine groups is 1. The fourth-order valence-electron chi connectivity index (χ4n) is 5.05. The van der Waals surface area contributed by atoms with Crippen LogP contribution in [0.3, 0.4) is 0 Å². The number of aliphatic hydroxyl groups is 1. The Morgan fingerprint density at radius 3 is 2.32 bits per heavy atom. The molecular formula is C29H29FN4O2S. The molecule has 5 rings (SSSR count). The molecule has 0 radical (unpaired) electrons. The summed E-state index contributed by atoms with van der Waals surface area (Å²) in [5, 5.41) is 16.0. The third-order valence-corrected chi connectivity index (χ3v) is 7.65. The van der Waals surface area contributed by atoms with E-state index in [0.29, 0.717) is 33.4 Å². The van der Waals surface area contributed by atoms with Gasteiger partial charge in [0.25, 0.3) is 5.91 Å². The molecule has 37 heavy (non-hydrogen) atoms. The zero-order chi connectivity index (χ0) is 26.2. The number of hydrogen-bond donors (Lipinski definition) is 2. The second-order valence-electron chi connectivity index (χ2n) is 9.40. The number of amides is 1. The van der Waals surface area contributed by atoms with Crippen LogP contribution in [0.15, 0.2) is 101 Å². The Hall–Kier alpha value is -3.62. The monoisotopic (exact) mass is 516 g/mol. The van der Waals surface area contributed by atoms with Gasteiger partial charge in [-0.3, -0.25) is 9.69 Å². The second-order valence-corrected chi connectivity index (χ2v) is 10.3. The van der Waals surface area contributed by atoms with Crippen molar-refractivity contribution in [3.8, 4) is 0 Å². The molecule has 2 aliphatic rings. The Kier molecular flexibility index (Phi) is 6.79. The quantitative estimate of drug-likeness (QED) is 0.408. The predicted molar refractivity (Wildman–Crippen MR) is 148 cm³/mol. The average molecular weight is 517 g/mol. The predicted octanol–water partition coefficient (Wildman–Crippen LogP) is 5.76. The summed E-state index contributed by atoms with van der Waals surface area (Å²) in [5.74, 6) is -1.88.